The largest absolute Gasteiger partial charge is 0.485 e. The summed E-state index contributed by atoms with van der Waals surface area (Å²) in [5.41, 5.74) is 1.14. The molecule has 0 saturated carbocycles. The van der Waals surface area contributed by atoms with E-state index in [4.69, 9.17) is 4.74 Å². The van der Waals surface area contributed by atoms with Crippen LogP contribution in [0, 0.1) is 6.92 Å². The molecule has 1 aliphatic rings. The summed E-state index contributed by atoms with van der Waals surface area (Å²) in [5, 5.41) is 9.94. The standard InChI is InChI=1S/C13H15N3OS/c1-9-5-3-4-6-11(9)17-8-12-14-15-13-16(12)7-10(2)18-13/h3-6,10H,7-8H2,1-2H3/t10-/m1/s1. The first-order chi connectivity index (χ1) is 8.74. The monoisotopic (exact) mass is 261 g/mol. The maximum atomic E-state index is 5.81. The van der Waals surface area contributed by atoms with Crippen molar-refractivity contribution < 1.29 is 4.74 Å². The summed E-state index contributed by atoms with van der Waals surface area (Å²) in [6, 6.07) is 8.01. The van der Waals surface area contributed by atoms with E-state index in [0.717, 1.165) is 28.8 Å². The van der Waals surface area contributed by atoms with E-state index in [1.165, 1.54) is 0 Å². The molecule has 4 nitrogen and oxygen atoms in total. The average molecular weight is 261 g/mol. The number of nitrogens with zero attached hydrogens (tertiary/aromatic N) is 3. The van der Waals surface area contributed by atoms with Crippen molar-refractivity contribution in [3.05, 3.63) is 35.7 Å². The van der Waals surface area contributed by atoms with Gasteiger partial charge in [-0.05, 0) is 18.6 Å². The van der Waals surface area contributed by atoms with Crippen LogP contribution in [0.5, 0.6) is 5.75 Å². The van der Waals surface area contributed by atoms with E-state index < -0.39 is 0 Å². The molecule has 2 heterocycles. The molecule has 0 N–H and O–H groups in total. The summed E-state index contributed by atoms with van der Waals surface area (Å²) >= 11 is 1.77. The molecule has 1 atom stereocenters. The van der Waals surface area contributed by atoms with Gasteiger partial charge in [0.05, 0.1) is 0 Å². The van der Waals surface area contributed by atoms with Crippen molar-refractivity contribution in [1.82, 2.24) is 14.8 Å². The topological polar surface area (TPSA) is 39.9 Å². The molecule has 3 rings (SSSR count). The third kappa shape index (κ3) is 2.10. The minimum atomic E-state index is 0.477. The Bertz CT molecular complexity index is 567. The summed E-state index contributed by atoms with van der Waals surface area (Å²) < 4.78 is 7.96. The third-order valence-corrected chi connectivity index (χ3v) is 4.05. The number of thioether (sulfide) groups is 1. The number of hydrogen-bond donors (Lipinski definition) is 0. The van der Waals surface area contributed by atoms with Gasteiger partial charge in [0.1, 0.15) is 12.4 Å². The number of ether oxygens (including phenoxy) is 1. The lowest BCUT2D eigenvalue weighted by Gasteiger charge is -2.08. The van der Waals surface area contributed by atoms with E-state index in [9.17, 15) is 0 Å². The van der Waals surface area contributed by atoms with E-state index >= 15 is 0 Å². The van der Waals surface area contributed by atoms with Crippen molar-refractivity contribution in [2.75, 3.05) is 0 Å². The van der Waals surface area contributed by atoms with Crippen molar-refractivity contribution in [3.63, 3.8) is 0 Å². The van der Waals surface area contributed by atoms with Crippen LogP contribution in [0.4, 0.5) is 0 Å². The van der Waals surface area contributed by atoms with E-state index in [2.05, 4.69) is 21.7 Å². The summed E-state index contributed by atoms with van der Waals surface area (Å²) in [7, 11) is 0. The van der Waals surface area contributed by atoms with Crippen molar-refractivity contribution >= 4 is 11.8 Å². The maximum absolute atomic E-state index is 5.81. The zero-order valence-electron chi connectivity index (χ0n) is 10.5. The maximum Gasteiger partial charge on any atom is 0.191 e. The van der Waals surface area contributed by atoms with Gasteiger partial charge in [-0.15, -0.1) is 10.2 Å². The van der Waals surface area contributed by atoms with Crippen LogP contribution in [0.1, 0.15) is 18.3 Å². The van der Waals surface area contributed by atoms with E-state index in [-0.39, 0.29) is 0 Å². The molecule has 0 aliphatic carbocycles. The van der Waals surface area contributed by atoms with Crippen LogP contribution >= 0.6 is 11.8 Å². The first-order valence-corrected chi connectivity index (χ1v) is 6.89. The second-order valence-electron chi connectivity index (χ2n) is 4.49. The van der Waals surface area contributed by atoms with Crippen LogP contribution < -0.4 is 4.74 Å². The highest BCUT2D eigenvalue weighted by Gasteiger charge is 2.23. The Balaban J connectivity index is 1.73. The lowest BCUT2D eigenvalue weighted by molar-refractivity contribution is 0.286. The van der Waals surface area contributed by atoms with Crippen LogP contribution in [-0.2, 0) is 13.2 Å². The summed E-state index contributed by atoms with van der Waals surface area (Å²) in [6.07, 6.45) is 0. The number of benzene rings is 1. The molecule has 0 unspecified atom stereocenters. The minimum absolute atomic E-state index is 0.477. The SMILES string of the molecule is Cc1ccccc1OCc1nnc2n1C[C@@H](C)S2. The van der Waals surface area contributed by atoms with E-state index in [0.29, 0.717) is 11.9 Å². The highest BCUT2D eigenvalue weighted by atomic mass is 32.2. The molecule has 94 valence electrons. The number of rotatable bonds is 3. The van der Waals surface area contributed by atoms with Gasteiger partial charge in [-0.2, -0.15) is 0 Å². The van der Waals surface area contributed by atoms with Crippen molar-refractivity contribution in [2.45, 2.75) is 37.4 Å². The minimum Gasteiger partial charge on any atom is -0.485 e. The van der Waals surface area contributed by atoms with Crippen molar-refractivity contribution in [1.29, 1.82) is 0 Å². The summed E-state index contributed by atoms with van der Waals surface area (Å²) in [6.45, 7) is 5.69. The lowest BCUT2D eigenvalue weighted by atomic mass is 10.2. The molecule has 2 aromatic rings. The van der Waals surface area contributed by atoms with Gasteiger partial charge in [0.15, 0.2) is 11.0 Å². The molecule has 0 spiro atoms. The van der Waals surface area contributed by atoms with Gasteiger partial charge in [-0.25, -0.2) is 0 Å². The molecule has 1 aromatic heterocycles. The highest BCUT2D eigenvalue weighted by molar-refractivity contribution is 7.99. The Hall–Kier alpha value is -1.49. The fourth-order valence-corrected chi connectivity index (χ4v) is 3.01. The Morgan fingerprint density at radius 1 is 1.39 bits per heavy atom. The summed E-state index contributed by atoms with van der Waals surface area (Å²) in [4.78, 5) is 0. The quantitative estimate of drug-likeness (QED) is 0.851. The first kappa shape index (κ1) is 11.6. The fraction of sp³-hybridized carbons (Fsp3) is 0.385. The zero-order valence-corrected chi connectivity index (χ0v) is 11.3. The summed E-state index contributed by atoms with van der Waals surface area (Å²) in [5.74, 6) is 1.82. The van der Waals surface area contributed by atoms with Crippen molar-refractivity contribution in [3.8, 4) is 5.75 Å². The molecule has 0 fully saturated rings. The van der Waals surface area contributed by atoms with Gasteiger partial charge in [0, 0.05) is 11.8 Å². The second-order valence-corrected chi connectivity index (χ2v) is 5.90. The van der Waals surface area contributed by atoms with E-state index in [1.54, 1.807) is 11.8 Å². The van der Waals surface area contributed by atoms with Crippen LogP contribution in [0.2, 0.25) is 0 Å². The molecule has 0 amide bonds. The number of fused-ring (bicyclic) bond motifs is 1. The smallest absolute Gasteiger partial charge is 0.191 e. The van der Waals surface area contributed by atoms with Crippen LogP contribution in [-0.4, -0.2) is 20.0 Å². The highest BCUT2D eigenvalue weighted by Crippen LogP contribution is 2.31. The lowest BCUT2D eigenvalue weighted by Crippen LogP contribution is -2.09. The first-order valence-electron chi connectivity index (χ1n) is 6.01. The van der Waals surface area contributed by atoms with E-state index in [1.807, 2.05) is 31.2 Å². The third-order valence-electron chi connectivity index (χ3n) is 2.99. The molecule has 0 radical (unpaired) electrons. The molecular weight excluding hydrogens is 246 g/mol. The molecule has 0 bridgehead atoms. The Morgan fingerprint density at radius 2 is 2.22 bits per heavy atom. The predicted molar refractivity (Wildman–Crippen MR) is 70.9 cm³/mol. The zero-order chi connectivity index (χ0) is 12.5. The van der Waals surface area contributed by atoms with Gasteiger partial charge < -0.3 is 9.30 Å². The number of aryl methyl sites for hydroxylation is 1. The van der Waals surface area contributed by atoms with Gasteiger partial charge in [0.25, 0.3) is 0 Å². The van der Waals surface area contributed by atoms with Gasteiger partial charge in [-0.1, -0.05) is 36.9 Å². The molecular formula is C13H15N3OS. The molecule has 1 aliphatic heterocycles. The Kier molecular flexibility index (Phi) is 2.99. The predicted octanol–water partition coefficient (Wildman–Crippen LogP) is 2.66. The molecule has 5 heteroatoms. The van der Waals surface area contributed by atoms with Gasteiger partial charge in [0.2, 0.25) is 0 Å². The average Bonchev–Trinajstić information content (AvgIpc) is 2.88. The van der Waals surface area contributed by atoms with Gasteiger partial charge in [-0.3, -0.25) is 0 Å². The second kappa shape index (κ2) is 4.65. The molecule has 1 aromatic carbocycles. The number of para-hydroxylation sites is 1. The van der Waals surface area contributed by atoms with Crippen molar-refractivity contribution in [2.24, 2.45) is 0 Å². The molecule has 18 heavy (non-hydrogen) atoms. The van der Waals surface area contributed by atoms with Crippen LogP contribution in [0.25, 0.3) is 0 Å². The normalized spacial score (nSPS) is 17.8. The number of aromatic nitrogens is 3. The van der Waals surface area contributed by atoms with Crippen LogP contribution in [0.3, 0.4) is 0 Å². The van der Waals surface area contributed by atoms with Crippen LogP contribution in [0.15, 0.2) is 29.4 Å². The van der Waals surface area contributed by atoms with Gasteiger partial charge >= 0.3 is 0 Å². The molecule has 0 saturated heterocycles. The Labute approximate surface area is 110 Å². The number of hydrogen-bond acceptors (Lipinski definition) is 4. The fourth-order valence-electron chi connectivity index (χ4n) is 2.03. The Morgan fingerprint density at radius 3 is 3.06 bits per heavy atom.